The van der Waals surface area contributed by atoms with Gasteiger partial charge in [-0.05, 0) is 32.0 Å². The zero-order chi connectivity index (χ0) is 13.0. The molecule has 4 heteroatoms. The average molecular weight is 263 g/mol. The van der Waals surface area contributed by atoms with Crippen molar-refractivity contribution in [1.82, 2.24) is 15.1 Å². The van der Waals surface area contributed by atoms with Crippen molar-refractivity contribution >= 4 is 11.3 Å². The fraction of sp³-hybridized carbons (Fsp3) is 0.500. The largest absolute Gasteiger partial charge is 0.309 e. The quantitative estimate of drug-likeness (QED) is 0.867. The van der Waals surface area contributed by atoms with E-state index >= 15 is 0 Å². The van der Waals surface area contributed by atoms with Gasteiger partial charge in [0.1, 0.15) is 0 Å². The van der Waals surface area contributed by atoms with Crippen molar-refractivity contribution in [3.05, 3.63) is 39.8 Å². The molecule has 0 aliphatic carbocycles. The average Bonchev–Trinajstić information content (AvgIpc) is 3.01. The summed E-state index contributed by atoms with van der Waals surface area (Å²) in [6.07, 6.45) is 6.35. The molecule has 0 radical (unpaired) electrons. The SMILES string of the molecule is CCCn1cc(C(NC)c2ccc(CC)s2)cn1. The van der Waals surface area contributed by atoms with Crippen molar-refractivity contribution in [3.63, 3.8) is 0 Å². The van der Waals surface area contributed by atoms with E-state index in [-0.39, 0.29) is 6.04 Å². The zero-order valence-electron chi connectivity index (χ0n) is 11.3. The summed E-state index contributed by atoms with van der Waals surface area (Å²) in [5.74, 6) is 0. The van der Waals surface area contributed by atoms with Gasteiger partial charge < -0.3 is 5.32 Å². The fourth-order valence-corrected chi connectivity index (χ4v) is 3.18. The molecule has 2 aromatic heterocycles. The predicted octanol–water partition coefficient (Wildman–Crippen LogP) is 3.23. The summed E-state index contributed by atoms with van der Waals surface area (Å²) in [5, 5.41) is 7.79. The minimum absolute atomic E-state index is 0.265. The molecule has 0 bridgehead atoms. The number of nitrogens with one attached hydrogen (secondary N) is 1. The van der Waals surface area contributed by atoms with Gasteiger partial charge in [-0.1, -0.05) is 13.8 Å². The molecule has 2 aromatic rings. The fourth-order valence-electron chi connectivity index (χ4n) is 2.09. The lowest BCUT2D eigenvalue weighted by atomic mass is 10.1. The molecular formula is C14H21N3S. The van der Waals surface area contributed by atoms with Gasteiger partial charge in [-0.2, -0.15) is 5.10 Å². The monoisotopic (exact) mass is 263 g/mol. The molecule has 0 aliphatic rings. The Balaban J connectivity index is 2.21. The van der Waals surface area contributed by atoms with E-state index in [1.165, 1.54) is 15.3 Å². The van der Waals surface area contributed by atoms with E-state index in [4.69, 9.17) is 0 Å². The summed E-state index contributed by atoms with van der Waals surface area (Å²) in [5.41, 5.74) is 1.25. The summed E-state index contributed by atoms with van der Waals surface area (Å²) >= 11 is 1.88. The van der Waals surface area contributed by atoms with Gasteiger partial charge in [0, 0.05) is 28.1 Å². The van der Waals surface area contributed by atoms with Crippen LogP contribution in [0, 0.1) is 0 Å². The molecule has 0 fully saturated rings. The van der Waals surface area contributed by atoms with E-state index in [1.807, 2.05) is 29.3 Å². The minimum Gasteiger partial charge on any atom is -0.309 e. The first-order chi connectivity index (χ1) is 8.78. The Kier molecular flexibility index (Phi) is 4.55. The maximum atomic E-state index is 4.41. The molecular weight excluding hydrogens is 242 g/mol. The lowest BCUT2D eigenvalue weighted by Gasteiger charge is -2.12. The summed E-state index contributed by atoms with van der Waals surface area (Å²) in [7, 11) is 2.01. The number of hydrogen-bond acceptors (Lipinski definition) is 3. The molecule has 0 aromatic carbocycles. The number of nitrogens with zero attached hydrogens (tertiary/aromatic N) is 2. The third-order valence-corrected chi connectivity index (χ3v) is 4.34. The Bertz CT molecular complexity index is 487. The molecule has 1 atom stereocenters. The summed E-state index contributed by atoms with van der Waals surface area (Å²) in [6, 6.07) is 4.71. The van der Waals surface area contributed by atoms with Gasteiger partial charge in [0.25, 0.3) is 0 Å². The van der Waals surface area contributed by atoms with E-state index in [9.17, 15) is 0 Å². The smallest absolute Gasteiger partial charge is 0.0699 e. The zero-order valence-corrected chi connectivity index (χ0v) is 12.1. The number of aromatic nitrogens is 2. The van der Waals surface area contributed by atoms with Gasteiger partial charge in [0.2, 0.25) is 0 Å². The Morgan fingerprint density at radius 2 is 2.22 bits per heavy atom. The molecule has 3 nitrogen and oxygen atoms in total. The summed E-state index contributed by atoms with van der Waals surface area (Å²) in [6.45, 7) is 5.36. The van der Waals surface area contributed by atoms with E-state index in [2.05, 4.69) is 42.6 Å². The molecule has 18 heavy (non-hydrogen) atoms. The van der Waals surface area contributed by atoms with Gasteiger partial charge in [-0.25, -0.2) is 0 Å². The molecule has 0 saturated carbocycles. The van der Waals surface area contributed by atoms with Crippen molar-refractivity contribution in [2.75, 3.05) is 7.05 Å². The van der Waals surface area contributed by atoms with E-state index < -0.39 is 0 Å². The van der Waals surface area contributed by atoms with Gasteiger partial charge in [-0.15, -0.1) is 11.3 Å². The Morgan fingerprint density at radius 3 is 2.83 bits per heavy atom. The molecule has 0 amide bonds. The van der Waals surface area contributed by atoms with Crippen LogP contribution in [0.15, 0.2) is 24.5 Å². The minimum atomic E-state index is 0.265. The van der Waals surface area contributed by atoms with E-state index in [0.29, 0.717) is 0 Å². The number of rotatable bonds is 6. The third-order valence-electron chi connectivity index (χ3n) is 3.04. The van der Waals surface area contributed by atoms with E-state index in [0.717, 1.165) is 19.4 Å². The molecule has 2 rings (SSSR count). The molecule has 1 unspecified atom stereocenters. The van der Waals surface area contributed by atoms with Gasteiger partial charge in [0.05, 0.1) is 12.2 Å². The standard InChI is InChI=1S/C14H21N3S/c1-4-8-17-10-11(9-16-17)14(15-3)13-7-6-12(5-2)18-13/h6-7,9-10,14-15H,4-5,8H2,1-3H3. The highest BCUT2D eigenvalue weighted by Gasteiger charge is 2.15. The Morgan fingerprint density at radius 1 is 1.39 bits per heavy atom. The van der Waals surface area contributed by atoms with E-state index in [1.54, 1.807) is 0 Å². The highest BCUT2D eigenvalue weighted by Crippen LogP contribution is 2.28. The Labute approximate surface area is 113 Å². The topological polar surface area (TPSA) is 29.9 Å². The van der Waals surface area contributed by atoms with Crippen molar-refractivity contribution in [1.29, 1.82) is 0 Å². The molecule has 0 spiro atoms. The number of aryl methyl sites for hydroxylation is 2. The van der Waals surface area contributed by atoms with Crippen LogP contribution in [0.1, 0.15) is 41.6 Å². The summed E-state index contributed by atoms with van der Waals surface area (Å²) in [4.78, 5) is 2.80. The second-order valence-electron chi connectivity index (χ2n) is 4.42. The predicted molar refractivity (Wildman–Crippen MR) is 77.1 cm³/mol. The molecule has 98 valence electrons. The third kappa shape index (κ3) is 2.82. The Hall–Kier alpha value is -1.13. The van der Waals surface area contributed by atoms with Crippen LogP contribution in [0.25, 0.3) is 0 Å². The number of thiophene rings is 1. The lowest BCUT2D eigenvalue weighted by molar-refractivity contribution is 0.600. The normalized spacial score (nSPS) is 12.8. The molecule has 1 N–H and O–H groups in total. The van der Waals surface area contributed by atoms with Crippen LogP contribution in [0.4, 0.5) is 0 Å². The summed E-state index contributed by atoms with van der Waals surface area (Å²) < 4.78 is 2.02. The van der Waals surface area contributed by atoms with Crippen molar-refractivity contribution in [2.24, 2.45) is 0 Å². The first-order valence-corrected chi connectivity index (χ1v) is 7.38. The van der Waals surface area contributed by atoms with Crippen LogP contribution in [-0.4, -0.2) is 16.8 Å². The van der Waals surface area contributed by atoms with Crippen LogP contribution in [0.5, 0.6) is 0 Å². The van der Waals surface area contributed by atoms with Crippen LogP contribution >= 0.6 is 11.3 Å². The molecule has 0 aliphatic heterocycles. The van der Waals surface area contributed by atoms with Crippen LogP contribution < -0.4 is 5.32 Å². The van der Waals surface area contributed by atoms with Gasteiger partial charge in [-0.3, -0.25) is 4.68 Å². The second-order valence-corrected chi connectivity index (χ2v) is 5.62. The molecule has 2 heterocycles. The van der Waals surface area contributed by atoms with Crippen LogP contribution in [-0.2, 0) is 13.0 Å². The van der Waals surface area contributed by atoms with Crippen molar-refractivity contribution < 1.29 is 0 Å². The highest BCUT2D eigenvalue weighted by atomic mass is 32.1. The van der Waals surface area contributed by atoms with Crippen LogP contribution in [0.3, 0.4) is 0 Å². The molecule has 0 saturated heterocycles. The maximum absolute atomic E-state index is 4.41. The van der Waals surface area contributed by atoms with Crippen molar-refractivity contribution in [3.8, 4) is 0 Å². The highest BCUT2D eigenvalue weighted by molar-refractivity contribution is 7.12. The van der Waals surface area contributed by atoms with Gasteiger partial charge in [0.15, 0.2) is 0 Å². The first-order valence-electron chi connectivity index (χ1n) is 6.56. The second kappa shape index (κ2) is 6.16. The van der Waals surface area contributed by atoms with Crippen molar-refractivity contribution in [2.45, 2.75) is 39.3 Å². The van der Waals surface area contributed by atoms with Gasteiger partial charge >= 0.3 is 0 Å². The maximum Gasteiger partial charge on any atom is 0.0699 e. The van der Waals surface area contributed by atoms with Crippen LogP contribution in [0.2, 0.25) is 0 Å². The first kappa shape index (κ1) is 13.3. The lowest BCUT2D eigenvalue weighted by Crippen LogP contribution is -2.15. The number of hydrogen-bond donors (Lipinski definition) is 1.